The molecule has 0 atom stereocenters. The fraction of sp³-hybridized carbons (Fsp3) is 0.345. The van der Waals surface area contributed by atoms with E-state index in [1.807, 2.05) is 24.3 Å². The van der Waals surface area contributed by atoms with Crippen LogP contribution >= 0.6 is 40.2 Å². The van der Waals surface area contributed by atoms with Crippen LogP contribution in [0.4, 0.5) is 34.1 Å². The van der Waals surface area contributed by atoms with Gasteiger partial charge in [-0.05, 0) is 175 Å². The highest BCUT2D eigenvalue weighted by molar-refractivity contribution is 8.04. The predicted molar refractivity (Wildman–Crippen MR) is 432 cm³/mol. The first kappa shape index (κ1) is 80.0. The van der Waals surface area contributed by atoms with Crippen molar-refractivity contribution in [2.45, 2.75) is 157 Å². The number of fused-ring (bicyclic) bond motifs is 6. The van der Waals surface area contributed by atoms with Gasteiger partial charge in [-0.3, -0.25) is 9.36 Å². The second kappa shape index (κ2) is 32.1. The van der Waals surface area contributed by atoms with Crippen molar-refractivity contribution in [1.29, 1.82) is 0 Å². The van der Waals surface area contributed by atoms with Crippen molar-refractivity contribution in [3.63, 3.8) is 0 Å². The number of para-hydroxylation sites is 6. The summed E-state index contributed by atoms with van der Waals surface area (Å²) in [6.45, 7) is 45.8. The lowest BCUT2D eigenvalue weighted by Gasteiger charge is -2.26. The Balaban J connectivity index is 0.000000187. The number of nitrogens with zero attached hydrogens (tertiary/aromatic N) is 6. The highest BCUT2D eigenvalue weighted by Gasteiger charge is 2.47. The third kappa shape index (κ3) is 15.9. The quantitative estimate of drug-likeness (QED) is 0.0454. The molecule has 6 aliphatic rings. The van der Waals surface area contributed by atoms with Crippen LogP contribution in [0.15, 0.2) is 252 Å². The smallest absolute Gasteiger partial charge is 0.377 e. The first-order chi connectivity index (χ1) is 47.7. The van der Waals surface area contributed by atoms with Crippen LogP contribution in [-0.4, -0.2) is 70.5 Å². The minimum atomic E-state index is -3.69. The first-order valence-electron chi connectivity index (χ1n) is 35.7. The molecule has 0 unspecified atom stereocenters. The molecule has 10 nitrogen and oxygen atoms in total. The van der Waals surface area contributed by atoms with Gasteiger partial charge in [0.2, 0.25) is 11.4 Å². The zero-order valence-electron chi connectivity index (χ0n) is 63.0. The van der Waals surface area contributed by atoms with E-state index < -0.39 is 6.07 Å². The van der Waals surface area contributed by atoms with Crippen molar-refractivity contribution in [2.75, 3.05) is 58.9 Å². The minimum Gasteiger partial charge on any atom is -1.00 e. The van der Waals surface area contributed by atoms with Crippen molar-refractivity contribution in [2.24, 2.45) is 5.73 Å². The van der Waals surface area contributed by atoms with E-state index >= 15 is 0 Å². The Morgan fingerprint density at radius 1 is 0.441 bits per heavy atom. The molecule has 6 heterocycles. The largest absolute Gasteiger partial charge is 1.00 e. The van der Waals surface area contributed by atoms with Crippen LogP contribution < -0.4 is 37.7 Å². The van der Waals surface area contributed by atoms with Crippen molar-refractivity contribution in [3.05, 3.63) is 285 Å². The second-order valence-corrected chi connectivity index (χ2v) is 33.9. The molecule has 0 fully saturated rings. The lowest BCUT2D eigenvalue weighted by Crippen LogP contribution is -3.00. The van der Waals surface area contributed by atoms with E-state index in [9.17, 15) is 9.36 Å². The summed E-state index contributed by atoms with van der Waals surface area (Å²) in [7, 11) is 0. The fourth-order valence-electron chi connectivity index (χ4n) is 16.1. The molecule has 3 N–H and O–H groups in total. The average Bonchev–Trinajstić information content (AvgIpc) is 1.65. The SMILES string of the molecule is CCN1/C(=C/C=C/C(=O)/C=C2/N(CC)c3ccccc3C2(C)C)C(C)(C)c2ccccc21.CCN1C(=CC(Cl)=CC=CC2=[N+](CC)c3ccccc3C2(C)C)C(C)(C)c2ccccc21.CCN1C(=CC(N)=CC=CC2=[N+](CC)c3ccccc3C2(C)C)C(C)(C)c2ccccc21.O=P(O)(Cl)Cl.[Cl-]. The van der Waals surface area contributed by atoms with Crippen molar-refractivity contribution in [1.82, 2.24) is 0 Å². The summed E-state index contributed by atoms with van der Waals surface area (Å²) >= 11 is 15.6. The molecule has 6 aromatic rings. The zero-order chi connectivity index (χ0) is 73.8. The van der Waals surface area contributed by atoms with Gasteiger partial charge in [0, 0.05) is 146 Å². The lowest BCUT2D eigenvalue weighted by molar-refractivity contribution is -0.433. The predicted octanol–water partition coefficient (Wildman–Crippen LogP) is 18.7. The molecule has 12 rings (SSSR count). The molecule has 0 bridgehead atoms. The van der Waals surface area contributed by atoms with E-state index in [1.165, 1.54) is 96.0 Å². The molecule has 6 aromatic carbocycles. The topological polar surface area (TPSA) is 99.4 Å². The Morgan fingerprint density at radius 3 is 1.09 bits per heavy atom. The number of anilines is 4. The highest BCUT2D eigenvalue weighted by atomic mass is 35.9. The Bertz CT molecular complexity index is 4350. The molecule has 538 valence electrons. The summed E-state index contributed by atoms with van der Waals surface area (Å²) < 4.78 is 14.1. The van der Waals surface area contributed by atoms with E-state index in [4.69, 9.17) is 22.2 Å². The Morgan fingerprint density at radius 2 is 0.735 bits per heavy atom. The number of allylic oxidation sites excluding steroid dienone is 17. The number of carbonyl (C=O) groups is 1. The molecular formula is C87H105Cl4N7O3P+. The van der Waals surface area contributed by atoms with Gasteiger partial charge in [-0.15, -0.1) is 0 Å². The van der Waals surface area contributed by atoms with Crippen molar-refractivity contribution in [3.8, 4) is 0 Å². The van der Waals surface area contributed by atoms with E-state index in [-0.39, 0.29) is 50.7 Å². The van der Waals surface area contributed by atoms with Gasteiger partial charge < -0.3 is 42.6 Å². The monoisotopic (exact) mass is 1470 g/mol. The van der Waals surface area contributed by atoms with Gasteiger partial charge >= 0.3 is 6.07 Å². The molecule has 0 radical (unpaired) electrons. The van der Waals surface area contributed by atoms with Gasteiger partial charge in [0.25, 0.3) is 0 Å². The standard InChI is InChI=1S/C29H34ClN2.C29H35N3.C29H34N2O.Cl2HO2P.ClH/c2*1-7-31-24-17-11-9-15-22(24)28(3,4)26(31)19-13-14-21(30)20-27-29(5,6)23-16-10-12-18-25(23)32(27)8-2;1-7-30-24-17-11-9-15-22(24)28(3,4)26(30)19-13-14-21(32)20-27-29(5,6)23-16-10-12-18-25(23)31(27)8-2;1-5(2,3)4;/h9-20H,7-8H2,1-6H3;9-20,30H,7-8H2,1-6H3;9-20H,7-8H2,1-6H3;(H,3,4);1H/q+1;;;;/b;;14-13+,26-19+,27-20+;;. The fourth-order valence-corrected chi connectivity index (χ4v) is 16.2. The molecule has 15 heteroatoms. The Hall–Kier alpha value is -7.66. The van der Waals surface area contributed by atoms with Gasteiger partial charge in [0.1, 0.15) is 13.1 Å². The molecular weight excluding hydrogens is 1360 g/mol. The summed E-state index contributed by atoms with van der Waals surface area (Å²) in [6, 6.07) is 51.8. The zero-order valence-corrected chi connectivity index (χ0v) is 66.9. The van der Waals surface area contributed by atoms with Gasteiger partial charge in [-0.1, -0.05) is 194 Å². The lowest BCUT2D eigenvalue weighted by atomic mass is 9.81. The van der Waals surface area contributed by atoms with Crippen LogP contribution in [0.5, 0.6) is 0 Å². The van der Waals surface area contributed by atoms with Crippen molar-refractivity contribution < 1.29 is 35.8 Å². The Labute approximate surface area is 630 Å². The summed E-state index contributed by atoms with van der Waals surface area (Å²) in [6.07, 6.45) is 20.8. The molecule has 0 saturated carbocycles. The summed E-state index contributed by atoms with van der Waals surface area (Å²) in [4.78, 5) is 29.9. The number of ketones is 1. The number of hydrogen-bond acceptors (Lipinski definition) is 7. The minimum absolute atomic E-state index is 0. The van der Waals surface area contributed by atoms with Crippen LogP contribution in [0.3, 0.4) is 0 Å². The molecule has 0 aliphatic carbocycles. The number of nitrogens with two attached hydrogens (primary N) is 1. The Kier molecular flexibility index (Phi) is 25.2. The summed E-state index contributed by atoms with van der Waals surface area (Å²) in [5, 5.41) is 0.743. The highest BCUT2D eigenvalue weighted by Crippen LogP contribution is 2.53. The molecule has 0 spiro atoms. The normalized spacial score (nSPS) is 19.9. The first-order valence-corrected chi connectivity index (χ1v) is 39.5. The van der Waals surface area contributed by atoms with Gasteiger partial charge in [-0.25, -0.2) is 0 Å². The molecule has 0 aromatic heterocycles. The van der Waals surface area contributed by atoms with E-state index in [2.05, 4.69) is 364 Å². The number of halogens is 4. The molecule has 6 aliphatic heterocycles. The van der Waals surface area contributed by atoms with E-state index in [0.717, 1.165) is 55.7 Å². The van der Waals surface area contributed by atoms with E-state index in [0.29, 0.717) is 0 Å². The van der Waals surface area contributed by atoms with Crippen LogP contribution in [0, 0.1) is 0 Å². The number of benzene rings is 6. The molecule has 0 amide bonds. The van der Waals surface area contributed by atoms with Gasteiger partial charge in [-0.2, -0.15) is 9.15 Å². The number of carbonyl (C=O) groups excluding carboxylic acids is 1. The number of hydrogen-bond donors (Lipinski definition) is 2. The summed E-state index contributed by atoms with van der Waals surface area (Å²) in [5.41, 5.74) is 29.9. The van der Waals surface area contributed by atoms with Gasteiger partial charge in [0.15, 0.2) is 17.2 Å². The van der Waals surface area contributed by atoms with Crippen LogP contribution in [0.25, 0.3) is 0 Å². The van der Waals surface area contributed by atoms with Gasteiger partial charge in [0.05, 0.1) is 10.8 Å². The maximum atomic E-state index is 13.0. The second-order valence-electron chi connectivity index (χ2n) is 29.4. The van der Waals surface area contributed by atoms with E-state index in [1.54, 1.807) is 6.08 Å². The van der Waals surface area contributed by atoms with Crippen LogP contribution in [0.1, 0.15) is 158 Å². The van der Waals surface area contributed by atoms with Crippen LogP contribution in [-0.2, 0) is 41.8 Å². The number of rotatable bonds is 15. The third-order valence-corrected chi connectivity index (χ3v) is 21.4. The molecule has 0 saturated heterocycles. The van der Waals surface area contributed by atoms with Crippen molar-refractivity contribution >= 4 is 91.5 Å². The summed E-state index contributed by atoms with van der Waals surface area (Å²) in [5.74, 6) is 0.0209. The maximum Gasteiger partial charge on any atom is 0.377 e. The molecule has 102 heavy (non-hydrogen) atoms. The maximum absolute atomic E-state index is 13.0. The number of likely N-dealkylation sites (N-methyl/N-ethyl adjacent to an activating group) is 4. The third-order valence-electron chi connectivity index (χ3n) is 21.1. The van der Waals surface area contributed by atoms with Crippen LogP contribution in [0.2, 0.25) is 0 Å². The average molecular weight is 1470 g/mol.